The molecule has 2 unspecified atom stereocenters. The molecule has 0 saturated heterocycles. The third-order valence-electron chi connectivity index (χ3n) is 16.5. The molecular weight excluding hydrogens is 947 g/mol. The first-order valence-corrected chi connectivity index (χ1v) is 35.1. The van der Waals surface area contributed by atoms with Crippen LogP contribution in [0.5, 0.6) is 0 Å². The van der Waals surface area contributed by atoms with Gasteiger partial charge in [-0.3, -0.25) is 9.59 Å². The molecule has 0 aliphatic rings. The van der Waals surface area contributed by atoms with Crippen LogP contribution in [0.4, 0.5) is 0 Å². The number of rotatable bonds is 66. The molecule has 0 rings (SSSR count). The highest BCUT2D eigenvalue weighted by atomic mass is 16.5. The summed E-state index contributed by atoms with van der Waals surface area (Å²) in [5.41, 5.74) is 0. The van der Waals surface area contributed by atoms with Crippen molar-refractivity contribution >= 4 is 11.9 Å². The van der Waals surface area contributed by atoms with Gasteiger partial charge in [-0.1, -0.05) is 346 Å². The minimum atomic E-state index is -0.837. The van der Waals surface area contributed by atoms with Gasteiger partial charge in [-0.05, 0) is 57.8 Å². The summed E-state index contributed by atoms with van der Waals surface area (Å²) in [6.45, 7) is 4.88. The van der Waals surface area contributed by atoms with Gasteiger partial charge in [-0.2, -0.15) is 0 Å². The number of esters is 1. The molecule has 0 fully saturated rings. The Morgan fingerprint density at radius 2 is 0.610 bits per heavy atom. The first-order valence-electron chi connectivity index (χ1n) is 35.1. The van der Waals surface area contributed by atoms with Crippen molar-refractivity contribution in [3.8, 4) is 0 Å². The normalized spacial score (nSPS) is 12.6. The van der Waals surface area contributed by atoms with Crippen molar-refractivity contribution in [1.29, 1.82) is 0 Å². The number of nitrogens with one attached hydrogen (secondary N) is 1. The molecule has 0 aliphatic carbocycles. The summed E-state index contributed by atoms with van der Waals surface area (Å²) in [4.78, 5) is 24.4. The van der Waals surface area contributed by atoms with Crippen LogP contribution in [-0.2, 0) is 14.3 Å². The predicted molar refractivity (Wildman–Crippen MR) is 338 cm³/mol. The molecular formula is C71H137NO5. The van der Waals surface area contributed by atoms with Crippen LogP contribution in [0.15, 0.2) is 24.3 Å². The highest BCUT2D eigenvalue weighted by Crippen LogP contribution is 2.19. The summed E-state index contributed by atoms with van der Waals surface area (Å²) in [5, 5.41) is 23.0. The van der Waals surface area contributed by atoms with Crippen molar-refractivity contribution in [1.82, 2.24) is 5.32 Å². The SMILES string of the molecule is CCCCC/C=C\CCCCCCCC(=O)OCCCCCCCCCCCCCCCCCCCCCCCCCCCCCCCCCCCCCCCCCC(=O)NC(CO)C(O)/C=C/CCCCCCCCC. The zero-order chi connectivity index (χ0) is 55.7. The maximum atomic E-state index is 12.4. The molecule has 0 aromatic carbocycles. The van der Waals surface area contributed by atoms with Gasteiger partial charge in [0.15, 0.2) is 0 Å². The van der Waals surface area contributed by atoms with Crippen molar-refractivity contribution in [3.05, 3.63) is 24.3 Å². The van der Waals surface area contributed by atoms with Gasteiger partial charge < -0.3 is 20.3 Å². The number of amides is 1. The number of hydrogen-bond donors (Lipinski definition) is 3. The summed E-state index contributed by atoms with van der Waals surface area (Å²) < 4.78 is 5.48. The Labute approximate surface area is 481 Å². The zero-order valence-electron chi connectivity index (χ0n) is 52.2. The van der Waals surface area contributed by atoms with E-state index >= 15 is 0 Å². The fraction of sp³-hybridized carbons (Fsp3) is 0.915. The van der Waals surface area contributed by atoms with Crippen LogP contribution in [0, 0.1) is 0 Å². The maximum Gasteiger partial charge on any atom is 0.305 e. The Hall–Kier alpha value is -1.66. The van der Waals surface area contributed by atoms with Crippen molar-refractivity contribution in [2.24, 2.45) is 0 Å². The smallest absolute Gasteiger partial charge is 0.305 e. The van der Waals surface area contributed by atoms with Gasteiger partial charge >= 0.3 is 5.97 Å². The third kappa shape index (κ3) is 63.4. The topological polar surface area (TPSA) is 95.9 Å². The Bertz CT molecular complexity index is 1200. The van der Waals surface area contributed by atoms with Gasteiger partial charge in [0, 0.05) is 12.8 Å². The molecule has 0 aromatic heterocycles. The summed E-state index contributed by atoms with van der Waals surface area (Å²) in [7, 11) is 0. The van der Waals surface area contributed by atoms with E-state index in [1.54, 1.807) is 6.08 Å². The number of hydrogen-bond acceptors (Lipinski definition) is 5. The minimum absolute atomic E-state index is 0.0140. The van der Waals surface area contributed by atoms with E-state index in [-0.39, 0.29) is 18.5 Å². The Morgan fingerprint density at radius 1 is 0.351 bits per heavy atom. The van der Waals surface area contributed by atoms with Crippen LogP contribution in [0.3, 0.4) is 0 Å². The van der Waals surface area contributed by atoms with E-state index in [4.69, 9.17) is 4.74 Å². The fourth-order valence-corrected chi connectivity index (χ4v) is 11.1. The number of carbonyl (C=O) groups is 2. The van der Waals surface area contributed by atoms with E-state index in [0.29, 0.717) is 19.4 Å². The molecule has 0 saturated carbocycles. The van der Waals surface area contributed by atoms with Crippen LogP contribution in [0.2, 0.25) is 0 Å². The summed E-state index contributed by atoms with van der Waals surface area (Å²) in [5.74, 6) is -0.0490. The average molecular weight is 1080 g/mol. The van der Waals surface area contributed by atoms with E-state index in [1.165, 1.54) is 321 Å². The standard InChI is InChI=1S/C71H137NO5/c1-3-5-7-9-11-13-14-45-49-53-57-61-65-71(76)77-66-62-58-54-50-46-43-41-39-37-35-33-31-29-27-25-23-21-19-17-15-16-18-20-22-24-26-28-30-32-34-36-38-40-42-44-48-52-56-60-64-70(75)72-68(67-73)69(74)63-59-55-51-47-12-10-8-6-4-2/h11,13,59,63,68-69,73-74H,3-10,12,14-58,60-62,64-67H2,1-2H3,(H,72,75)/b13-11-,63-59+. The first kappa shape index (κ1) is 75.3. The van der Waals surface area contributed by atoms with Crippen molar-refractivity contribution in [3.63, 3.8) is 0 Å². The van der Waals surface area contributed by atoms with Gasteiger partial charge in [0.2, 0.25) is 5.91 Å². The number of carbonyl (C=O) groups excluding carboxylic acids is 2. The fourth-order valence-electron chi connectivity index (χ4n) is 11.1. The van der Waals surface area contributed by atoms with Crippen LogP contribution >= 0.6 is 0 Å². The Balaban J connectivity index is 3.26. The molecule has 0 radical (unpaired) electrons. The van der Waals surface area contributed by atoms with Gasteiger partial charge in [-0.15, -0.1) is 0 Å². The van der Waals surface area contributed by atoms with Crippen LogP contribution in [0.1, 0.15) is 393 Å². The molecule has 0 aromatic rings. The second kappa shape index (κ2) is 66.8. The van der Waals surface area contributed by atoms with Crippen molar-refractivity contribution in [2.75, 3.05) is 13.2 Å². The molecule has 0 spiro atoms. The molecule has 0 bridgehead atoms. The Kier molecular flexibility index (Phi) is 65.4. The lowest BCUT2D eigenvalue weighted by Gasteiger charge is -2.20. The van der Waals surface area contributed by atoms with Gasteiger partial charge in [-0.25, -0.2) is 0 Å². The monoisotopic (exact) mass is 1080 g/mol. The van der Waals surface area contributed by atoms with E-state index in [0.717, 1.165) is 44.9 Å². The number of allylic oxidation sites excluding steroid dienone is 3. The highest BCUT2D eigenvalue weighted by molar-refractivity contribution is 5.76. The molecule has 6 nitrogen and oxygen atoms in total. The second-order valence-electron chi connectivity index (χ2n) is 24.2. The predicted octanol–water partition coefficient (Wildman–Crippen LogP) is 22.5. The van der Waals surface area contributed by atoms with Gasteiger partial charge in [0.25, 0.3) is 0 Å². The lowest BCUT2D eigenvalue weighted by atomic mass is 10.0. The quantitative estimate of drug-likeness (QED) is 0.0320. The van der Waals surface area contributed by atoms with E-state index in [9.17, 15) is 19.8 Å². The average Bonchev–Trinajstić information content (AvgIpc) is 3.43. The van der Waals surface area contributed by atoms with Crippen LogP contribution < -0.4 is 5.32 Å². The number of aliphatic hydroxyl groups is 2. The number of ether oxygens (including phenoxy) is 1. The molecule has 1 amide bonds. The summed E-state index contributed by atoms with van der Waals surface area (Å²) >= 11 is 0. The minimum Gasteiger partial charge on any atom is -0.466 e. The number of aliphatic hydroxyl groups excluding tert-OH is 2. The summed E-state index contributed by atoms with van der Waals surface area (Å²) in [6, 6.07) is -0.620. The Morgan fingerprint density at radius 3 is 0.948 bits per heavy atom. The molecule has 456 valence electrons. The van der Waals surface area contributed by atoms with Crippen LogP contribution in [-0.4, -0.2) is 47.4 Å². The van der Waals surface area contributed by atoms with Gasteiger partial charge in [0.05, 0.1) is 25.4 Å². The highest BCUT2D eigenvalue weighted by Gasteiger charge is 2.18. The molecule has 77 heavy (non-hydrogen) atoms. The lowest BCUT2D eigenvalue weighted by Crippen LogP contribution is -2.45. The van der Waals surface area contributed by atoms with E-state index < -0.39 is 12.1 Å². The van der Waals surface area contributed by atoms with E-state index in [1.807, 2.05) is 6.08 Å². The number of unbranched alkanes of at least 4 members (excludes halogenated alkanes) is 53. The third-order valence-corrected chi connectivity index (χ3v) is 16.5. The first-order chi connectivity index (χ1) is 38.0. The van der Waals surface area contributed by atoms with Crippen molar-refractivity contribution in [2.45, 2.75) is 405 Å². The second-order valence-corrected chi connectivity index (χ2v) is 24.2. The van der Waals surface area contributed by atoms with E-state index in [2.05, 4.69) is 31.3 Å². The molecule has 2 atom stereocenters. The van der Waals surface area contributed by atoms with Crippen molar-refractivity contribution < 1.29 is 24.5 Å². The van der Waals surface area contributed by atoms with Gasteiger partial charge in [0.1, 0.15) is 0 Å². The summed E-state index contributed by atoms with van der Waals surface area (Å²) in [6.07, 6.45) is 84.4. The molecule has 6 heteroatoms. The molecule has 3 N–H and O–H groups in total. The molecule has 0 aliphatic heterocycles. The maximum absolute atomic E-state index is 12.4. The largest absolute Gasteiger partial charge is 0.466 e. The molecule has 0 heterocycles. The van der Waals surface area contributed by atoms with Crippen LogP contribution in [0.25, 0.3) is 0 Å². The lowest BCUT2D eigenvalue weighted by molar-refractivity contribution is -0.143. The zero-order valence-corrected chi connectivity index (χ0v) is 52.2.